The third kappa shape index (κ3) is 2.73. The molecule has 0 saturated carbocycles. The summed E-state index contributed by atoms with van der Waals surface area (Å²) in [6.07, 6.45) is 1.20. The van der Waals surface area contributed by atoms with Gasteiger partial charge in [0, 0.05) is 12.3 Å². The average molecular weight is 443 g/mol. The molecule has 1 aliphatic rings. The number of anilines is 1. The van der Waals surface area contributed by atoms with Crippen molar-refractivity contribution < 1.29 is 22.8 Å². The van der Waals surface area contributed by atoms with Crippen LogP contribution in [-0.4, -0.2) is 26.6 Å². The predicted octanol–water partition coefficient (Wildman–Crippen LogP) is 4.60. The van der Waals surface area contributed by atoms with Crippen LogP contribution in [0.25, 0.3) is 16.7 Å². The van der Waals surface area contributed by atoms with Crippen LogP contribution in [0.4, 0.5) is 18.9 Å². The molecule has 0 bridgehead atoms. The van der Waals surface area contributed by atoms with E-state index in [-0.39, 0.29) is 38.6 Å². The van der Waals surface area contributed by atoms with E-state index in [1.807, 2.05) is 0 Å². The summed E-state index contributed by atoms with van der Waals surface area (Å²) in [7, 11) is 0. The van der Waals surface area contributed by atoms with E-state index in [9.17, 15) is 22.8 Å². The summed E-state index contributed by atoms with van der Waals surface area (Å²) < 4.78 is 42.3. The van der Waals surface area contributed by atoms with E-state index in [2.05, 4.69) is 10.1 Å². The number of imide groups is 1. The monoisotopic (exact) mass is 442 g/mol. The predicted molar refractivity (Wildman–Crippen MR) is 106 cm³/mol. The number of nitrogens with zero attached hydrogens (tertiary/aromatic N) is 4. The number of benzene rings is 2. The maximum Gasteiger partial charge on any atom is 0.267 e. The Kier molecular flexibility index (Phi) is 4.13. The Labute approximate surface area is 177 Å². The van der Waals surface area contributed by atoms with Crippen LogP contribution in [0.2, 0.25) is 5.02 Å². The van der Waals surface area contributed by atoms with Crippen molar-refractivity contribution in [2.24, 2.45) is 0 Å². The van der Waals surface area contributed by atoms with Crippen molar-refractivity contribution in [3.63, 3.8) is 0 Å². The molecule has 0 radical (unpaired) electrons. The summed E-state index contributed by atoms with van der Waals surface area (Å²) in [5.41, 5.74) is 0.554. The molecule has 0 N–H and O–H groups in total. The van der Waals surface area contributed by atoms with Crippen LogP contribution in [0, 0.1) is 24.4 Å². The summed E-state index contributed by atoms with van der Waals surface area (Å²) in [5, 5.41) is 4.27. The number of aromatic nitrogens is 3. The van der Waals surface area contributed by atoms with Crippen LogP contribution in [0.15, 0.2) is 42.6 Å². The Hall–Kier alpha value is -3.72. The molecule has 154 valence electrons. The van der Waals surface area contributed by atoms with Crippen LogP contribution >= 0.6 is 11.6 Å². The largest absolute Gasteiger partial charge is 0.268 e. The fourth-order valence-electron chi connectivity index (χ4n) is 3.64. The highest BCUT2D eigenvalue weighted by atomic mass is 35.5. The van der Waals surface area contributed by atoms with Crippen molar-refractivity contribution in [3.05, 3.63) is 81.9 Å². The van der Waals surface area contributed by atoms with E-state index in [1.54, 1.807) is 6.92 Å². The lowest BCUT2D eigenvalue weighted by Gasteiger charge is -2.14. The average Bonchev–Trinajstić information content (AvgIpc) is 3.18. The minimum atomic E-state index is -0.864. The smallest absolute Gasteiger partial charge is 0.267 e. The number of carbonyl (C=O) groups excluding carboxylic acids is 2. The maximum atomic E-state index is 14.3. The number of fused-ring (bicyclic) bond motifs is 3. The standard InChI is InChI=1S/C21H10ClF3N4O2/c1-9-17-18-12(20(30)28(21(18)31)11-3-4-14(24)13(22)7-11)8-26-19(17)29(27-9)16-5-2-10(23)6-15(16)25/h2-8H,1H3. The van der Waals surface area contributed by atoms with Gasteiger partial charge in [-0.15, -0.1) is 0 Å². The quantitative estimate of drug-likeness (QED) is 0.425. The molecule has 10 heteroatoms. The molecule has 2 aromatic heterocycles. The molecule has 0 fully saturated rings. The van der Waals surface area contributed by atoms with Gasteiger partial charge in [-0.2, -0.15) is 5.10 Å². The SMILES string of the molecule is Cc1nn(-c2ccc(F)cc2F)c2ncc3c(c12)C(=O)N(c1ccc(F)c(Cl)c1)C3=O. The van der Waals surface area contributed by atoms with Gasteiger partial charge >= 0.3 is 0 Å². The zero-order valence-electron chi connectivity index (χ0n) is 15.7. The van der Waals surface area contributed by atoms with Gasteiger partial charge in [0.1, 0.15) is 17.3 Å². The van der Waals surface area contributed by atoms with Gasteiger partial charge in [0.25, 0.3) is 11.8 Å². The second-order valence-electron chi connectivity index (χ2n) is 6.88. The normalized spacial score (nSPS) is 13.4. The second-order valence-corrected chi connectivity index (χ2v) is 7.29. The van der Waals surface area contributed by atoms with Crippen LogP contribution in [0.1, 0.15) is 26.4 Å². The molecule has 5 rings (SSSR count). The summed E-state index contributed by atoms with van der Waals surface area (Å²) in [4.78, 5) is 31.2. The Balaban J connectivity index is 1.71. The van der Waals surface area contributed by atoms with Gasteiger partial charge in [0.05, 0.1) is 32.9 Å². The molecule has 0 atom stereocenters. The molecule has 0 spiro atoms. The molecule has 2 amide bonds. The Bertz CT molecular complexity index is 1450. The first-order valence-corrected chi connectivity index (χ1v) is 9.33. The maximum absolute atomic E-state index is 14.3. The molecular weight excluding hydrogens is 433 g/mol. The Morgan fingerprint density at radius 3 is 2.45 bits per heavy atom. The number of amides is 2. The summed E-state index contributed by atoms with van der Waals surface area (Å²) in [5.74, 6) is -3.63. The number of aryl methyl sites for hydroxylation is 1. The van der Waals surface area contributed by atoms with E-state index in [0.717, 1.165) is 21.7 Å². The lowest BCUT2D eigenvalue weighted by atomic mass is 10.1. The van der Waals surface area contributed by atoms with Crippen LogP contribution in [-0.2, 0) is 0 Å². The van der Waals surface area contributed by atoms with Crippen molar-refractivity contribution in [2.45, 2.75) is 6.92 Å². The fraction of sp³-hybridized carbons (Fsp3) is 0.0476. The Morgan fingerprint density at radius 2 is 1.74 bits per heavy atom. The molecule has 3 heterocycles. The van der Waals surface area contributed by atoms with Crippen LogP contribution < -0.4 is 4.90 Å². The van der Waals surface area contributed by atoms with Crippen LogP contribution in [0.5, 0.6) is 0 Å². The number of pyridine rings is 1. The minimum Gasteiger partial charge on any atom is -0.268 e. The lowest BCUT2D eigenvalue weighted by molar-refractivity contribution is 0.0926. The van der Waals surface area contributed by atoms with Crippen molar-refractivity contribution in [1.82, 2.24) is 14.8 Å². The van der Waals surface area contributed by atoms with E-state index >= 15 is 0 Å². The van der Waals surface area contributed by atoms with Gasteiger partial charge in [-0.25, -0.2) is 27.7 Å². The Morgan fingerprint density at radius 1 is 0.968 bits per heavy atom. The van der Waals surface area contributed by atoms with Gasteiger partial charge in [-0.05, 0) is 37.3 Å². The first kappa shape index (κ1) is 19.3. The number of carbonyl (C=O) groups is 2. The number of hydrogen-bond donors (Lipinski definition) is 0. The third-order valence-electron chi connectivity index (χ3n) is 5.02. The summed E-state index contributed by atoms with van der Waals surface area (Å²) >= 11 is 5.80. The molecule has 1 aliphatic heterocycles. The van der Waals surface area contributed by atoms with Gasteiger partial charge in [0.2, 0.25) is 0 Å². The van der Waals surface area contributed by atoms with Crippen molar-refractivity contribution in [3.8, 4) is 5.69 Å². The minimum absolute atomic E-state index is 0.0279. The van der Waals surface area contributed by atoms with Gasteiger partial charge in [0.15, 0.2) is 11.5 Å². The zero-order valence-corrected chi connectivity index (χ0v) is 16.4. The van der Waals surface area contributed by atoms with Crippen molar-refractivity contribution in [2.75, 3.05) is 4.90 Å². The number of halogens is 4. The molecule has 0 unspecified atom stereocenters. The highest BCUT2D eigenvalue weighted by Crippen LogP contribution is 2.35. The highest BCUT2D eigenvalue weighted by molar-refractivity contribution is 6.38. The van der Waals surface area contributed by atoms with E-state index in [1.165, 1.54) is 24.4 Å². The first-order chi connectivity index (χ1) is 14.8. The summed E-state index contributed by atoms with van der Waals surface area (Å²) in [6.45, 7) is 1.58. The summed E-state index contributed by atoms with van der Waals surface area (Å²) in [6, 6.07) is 6.47. The molecule has 31 heavy (non-hydrogen) atoms. The van der Waals surface area contributed by atoms with Crippen molar-refractivity contribution >= 4 is 40.1 Å². The third-order valence-corrected chi connectivity index (χ3v) is 5.31. The molecule has 6 nitrogen and oxygen atoms in total. The molecule has 0 aliphatic carbocycles. The van der Waals surface area contributed by atoms with Gasteiger partial charge in [-0.3, -0.25) is 9.59 Å². The van der Waals surface area contributed by atoms with Gasteiger partial charge in [-0.1, -0.05) is 11.6 Å². The number of hydrogen-bond acceptors (Lipinski definition) is 4. The zero-order chi connectivity index (χ0) is 22.0. The topological polar surface area (TPSA) is 68.1 Å². The molecule has 0 saturated heterocycles. The molecular formula is C21H10ClF3N4O2. The second kappa shape index (κ2) is 6.64. The van der Waals surface area contributed by atoms with E-state index in [4.69, 9.17) is 11.6 Å². The fourth-order valence-corrected chi connectivity index (χ4v) is 3.82. The highest BCUT2D eigenvalue weighted by Gasteiger charge is 2.40. The van der Waals surface area contributed by atoms with Crippen LogP contribution in [0.3, 0.4) is 0 Å². The molecule has 2 aromatic carbocycles. The van der Waals surface area contributed by atoms with Crippen molar-refractivity contribution in [1.29, 1.82) is 0 Å². The first-order valence-electron chi connectivity index (χ1n) is 8.95. The lowest BCUT2D eigenvalue weighted by Crippen LogP contribution is -2.29. The molecule has 4 aromatic rings. The number of rotatable bonds is 2. The van der Waals surface area contributed by atoms with E-state index in [0.29, 0.717) is 11.8 Å². The van der Waals surface area contributed by atoms with Gasteiger partial charge < -0.3 is 0 Å². The van der Waals surface area contributed by atoms with E-state index < -0.39 is 29.3 Å².